The summed E-state index contributed by atoms with van der Waals surface area (Å²) in [5, 5.41) is 4.56. The van der Waals surface area contributed by atoms with Crippen LogP contribution in [0, 0.1) is 5.92 Å². The quantitative estimate of drug-likeness (QED) is 0.772. The Labute approximate surface area is 85.3 Å². The highest BCUT2D eigenvalue weighted by atomic mass is 15.3. The minimum atomic E-state index is 0.559. The second-order valence-corrected chi connectivity index (χ2v) is 4.42. The van der Waals surface area contributed by atoms with Gasteiger partial charge in [-0.1, -0.05) is 6.92 Å². The lowest BCUT2D eigenvalue weighted by Crippen LogP contribution is -2.22. The third-order valence-corrected chi connectivity index (χ3v) is 3.31. The van der Waals surface area contributed by atoms with Gasteiger partial charge in [-0.05, 0) is 37.3 Å². The predicted octanol–water partition coefficient (Wildman–Crippen LogP) is 1.43. The van der Waals surface area contributed by atoms with E-state index in [-0.39, 0.29) is 0 Å². The Balaban J connectivity index is 2.30. The zero-order valence-electron chi connectivity index (χ0n) is 9.03. The van der Waals surface area contributed by atoms with Crippen molar-refractivity contribution in [2.24, 2.45) is 18.7 Å². The van der Waals surface area contributed by atoms with E-state index >= 15 is 0 Å². The first-order valence-electron chi connectivity index (χ1n) is 5.45. The molecule has 2 atom stereocenters. The summed E-state index contributed by atoms with van der Waals surface area (Å²) in [6, 6.07) is 0. The Morgan fingerprint density at radius 3 is 3.21 bits per heavy atom. The summed E-state index contributed by atoms with van der Waals surface area (Å²) in [5.41, 5.74) is 8.47. The van der Waals surface area contributed by atoms with Crippen LogP contribution in [0.5, 0.6) is 0 Å². The van der Waals surface area contributed by atoms with Crippen LogP contribution in [0.1, 0.15) is 36.9 Å². The summed E-state index contributed by atoms with van der Waals surface area (Å²) < 4.78 is 1.94. The van der Waals surface area contributed by atoms with Crippen LogP contribution in [0.2, 0.25) is 0 Å². The van der Waals surface area contributed by atoms with E-state index in [2.05, 4.69) is 18.2 Å². The fourth-order valence-corrected chi connectivity index (χ4v) is 2.43. The van der Waals surface area contributed by atoms with Crippen molar-refractivity contribution >= 4 is 0 Å². The number of hydrogen-bond donors (Lipinski definition) is 1. The van der Waals surface area contributed by atoms with Crippen molar-refractivity contribution in [2.75, 3.05) is 6.54 Å². The maximum atomic E-state index is 5.73. The van der Waals surface area contributed by atoms with Crippen LogP contribution >= 0.6 is 0 Å². The molecule has 1 heterocycles. The fourth-order valence-electron chi connectivity index (χ4n) is 2.43. The molecule has 0 amide bonds. The van der Waals surface area contributed by atoms with Gasteiger partial charge in [0.1, 0.15) is 0 Å². The molecular formula is C11H19N3. The number of rotatable bonds is 2. The molecule has 78 valence electrons. The largest absolute Gasteiger partial charge is 0.330 e. The molecule has 2 unspecified atom stereocenters. The Kier molecular flexibility index (Phi) is 2.59. The maximum absolute atomic E-state index is 5.73. The van der Waals surface area contributed by atoms with Crippen molar-refractivity contribution in [3.63, 3.8) is 0 Å². The summed E-state index contributed by atoms with van der Waals surface area (Å²) in [4.78, 5) is 0. The van der Waals surface area contributed by atoms with Crippen molar-refractivity contribution < 1.29 is 0 Å². The Hall–Kier alpha value is -0.830. The SMILES string of the molecule is CC(CN)C1CCCc2cn(C)nc21. The first-order chi connectivity index (χ1) is 6.72. The van der Waals surface area contributed by atoms with E-state index in [1.54, 1.807) is 0 Å². The molecule has 0 aromatic carbocycles. The third kappa shape index (κ3) is 1.57. The standard InChI is InChI=1S/C11H19N3/c1-8(6-12)10-5-3-4-9-7-14(2)13-11(9)10/h7-8,10H,3-6,12H2,1-2H3. The van der Waals surface area contributed by atoms with Gasteiger partial charge < -0.3 is 5.73 Å². The molecule has 0 saturated carbocycles. The summed E-state index contributed by atoms with van der Waals surface area (Å²) in [6.07, 6.45) is 5.89. The predicted molar refractivity (Wildman–Crippen MR) is 57.1 cm³/mol. The average molecular weight is 193 g/mol. The van der Waals surface area contributed by atoms with E-state index in [0.717, 1.165) is 6.54 Å². The first kappa shape index (κ1) is 9.71. The van der Waals surface area contributed by atoms with E-state index in [9.17, 15) is 0 Å². The summed E-state index contributed by atoms with van der Waals surface area (Å²) in [5.74, 6) is 1.15. The lowest BCUT2D eigenvalue weighted by atomic mass is 9.80. The number of nitrogens with two attached hydrogens (primary N) is 1. The van der Waals surface area contributed by atoms with E-state index in [4.69, 9.17) is 5.73 Å². The van der Waals surface area contributed by atoms with E-state index < -0.39 is 0 Å². The molecule has 14 heavy (non-hydrogen) atoms. The van der Waals surface area contributed by atoms with Gasteiger partial charge in [-0.3, -0.25) is 4.68 Å². The van der Waals surface area contributed by atoms with Crippen molar-refractivity contribution in [1.82, 2.24) is 9.78 Å². The van der Waals surface area contributed by atoms with Crippen molar-refractivity contribution in [2.45, 2.75) is 32.1 Å². The summed E-state index contributed by atoms with van der Waals surface area (Å²) >= 11 is 0. The van der Waals surface area contributed by atoms with Gasteiger partial charge in [0.15, 0.2) is 0 Å². The van der Waals surface area contributed by atoms with Gasteiger partial charge in [0.2, 0.25) is 0 Å². The van der Waals surface area contributed by atoms with Gasteiger partial charge in [0, 0.05) is 19.2 Å². The molecule has 3 heteroatoms. The Bertz CT molecular complexity index is 316. The summed E-state index contributed by atoms with van der Waals surface area (Å²) in [6.45, 7) is 3.00. The van der Waals surface area contributed by atoms with Crippen LogP contribution in [0.3, 0.4) is 0 Å². The van der Waals surface area contributed by atoms with E-state index in [1.807, 2.05) is 11.7 Å². The number of aromatic nitrogens is 2. The smallest absolute Gasteiger partial charge is 0.0690 e. The normalized spacial score (nSPS) is 23.2. The van der Waals surface area contributed by atoms with Crippen LogP contribution in [0.15, 0.2) is 6.20 Å². The fraction of sp³-hybridized carbons (Fsp3) is 0.727. The molecule has 2 N–H and O–H groups in total. The first-order valence-corrected chi connectivity index (χ1v) is 5.45. The topological polar surface area (TPSA) is 43.8 Å². The lowest BCUT2D eigenvalue weighted by molar-refractivity contribution is 0.403. The van der Waals surface area contributed by atoms with Gasteiger partial charge >= 0.3 is 0 Å². The van der Waals surface area contributed by atoms with Crippen LogP contribution < -0.4 is 5.73 Å². The molecule has 0 bridgehead atoms. The zero-order chi connectivity index (χ0) is 10.1. The zero-order valence-corrected chi connectivity index (χ0v) is 9.03. The van der Waals surface area contributed by atoms with Crippen molar-refractivity contribution in [3.05, 3.63) is 17.5 Å². The molecule has 0 radical (unpaired) electrons. The Morgan fingerprint density at radius 2 is 2.50 bits per heavy atom. The second kappa shape index (κ2) is 3.73. The van der Waals surface area contributed by atoms with Crippen molar-refractivity contribution in [1.29, 1.82) is 0 Å². The molecule has 1 aromatic rings. The Morgan fingerprint density at radius 1 is 1.71 bits per heavy atom. The van der Waals surface area contributed by atoms with Crippen molar-refractivity contribution in [3.8, 4) is 0 Å². The second-order valence-electron chi connectivity index (χ2n) is 4.42. The lowest BCUT2D eigenvalue weighted by Gasteiger charge is -2.25. The number of fused-ring (bicyclic) bond motifs is 1. The van der Waals surface area contributed by atoms with Crippen LogP contribution in [0.4, 0.5) is 0 Å². The molecule has 1 aliphatic carbocycles. The third-order valence-electron chi connectivity index (χ3n) is 3.31. The van der Waals surface area contributed by atoms with Gasteiger partial charge in [-0.15, -0.1) is 0 Å². The monoisotopic (exact) mass is 193 g/mol. The van der Waals surface area contributed by atoms with Gasteiger partial charge in [-0.25, -0.2) is 0 Å². The highest BCUT2D eigenvalue weighted by molar-refractivity contribution is 5.24. The highest BCUT2D eigenvalue weighted by Gasteiger charge is 2.27. The van der Waals surface area contributed by atoms with Crippen LogP contribution in [-0.2, 0) is 13.5 Å². The van der Waals surface area contributed by atoms with Crippen LogP contribution in [0.25, 0.3) is 0 Å². The molecule has 0 saturated heterocycles. The number of nitrogens with zero attached hydrogens (tertiary/aromatic N) is 2. The molecule has 2 rings (SSSR count). The molecule has 1 aliphatic rings. The molecule has 0 fully saturated rings. The molecular weight excluding hydrogens is 174 g/mol. The minimum Gasteiger partial charge on any atom is -0.330 e. The van der Waals surface area contributed by atoms with Gasteiger partial charge in [0.25, 0.3) is 0 Å². The number of hydrogen-bond acceptors (Lipinski definition) is 2. The number of aryl methyl sites for hydroxylation is 2. The molecule has 0 aliphatic heterocycles. The summed E-state index contributed by atoms with van der Waals surface area (Å²) in [7, 11) is 2.00. The highest BCUT2D eigenvalue weighted by Crippen LogP contribution is 2.35. The van der Waals surface area contributed by atoms with E-state index in [0.29, 0.717) is 11.8 Å². The van der Waals surface area contributed by atoms with E-state index in [1.165, 1.54) is 30.5 Å². The maximum Gasteiger partial charge on any atom is 0.0690 e. The average Bonchev–Trinajstić information content (AvgIpc) is 2.56. The van der Waals surface area contributed by atoms with Crippen LogP contribution in [-0.4, -0.2) is 16.3 Å². The van der Waals surface area contributed by atoms with Gasteiger partial charge in [0.05, 0.1) is 5.69 Å². The molecule has 0 spiro atoms. The molecule has 1 aromatic heterocycles. The molecule has 3 nitrogen and oxygen atoms in total. The van der Waals surface area contributed by atoms with Gasteiger partial charge in [-0.2, -0.15) is 5.10 Å². The minimum absolute atomic E-state index is 0.559.